The predicted octanol–water partition coefficient (Wildman–Crippen LogP) is 17.0. The first kappa shape index (κ1) is 60.6. The first-order chi connectivity index (χ1) is 29.6. The van der Waals surface area contributed by atoms with Crippen molar-refractivity contribution in [3.8, 4) is 0 Å². The quantitative estimate of drug-likeness (QED) is 0.0138. The van der Waals surface area contributed by atoms with E-state index in [0.29, 0.717) is 13.2 Å². The predicted molar refractivity (Wildman–Crippen MR) is 265 cm³/mol. The van der Waals surface area contributed by atoms with E-state index in [4.69, 9.17) is 10.2 Å². The first-order valence-corrected chi connectivity index (χ1v) is 25.3. The molecule has 0 spiro atoms. The van der Waals surface area contributed by atoms with Crippen LogP contribution in [0.5, 0.6) is 0 Å². The van der Waals surface area contributed by atoms with Gasteiger partial charge < -0.3 is 15.7 Å². The largest absolute Gasteiger partial charge is 0.396 e. The number of unbranched alkanes of at least 4 members (excludes halogenated alkanes) is 22. The van der Waals surface area contributed by atoms with Crippen LogP contribution >= 0.6 is 0 Å². The van der Waals surface area contributed by atoms with Gasteiger partial charge in [0.1, 0.15) is 0 Å². The van der Waals surface area contributed by atoms with Crippen molar-refractivity contribution in [2.45, 2.75) is 234 Å². The van der Waals surface area contributed by atoms with Gasteiger partial charge in [0.05, 0.1) is 5.57 Å². The Bertz CT molecular complexity index is 1380. The molecule has 0 bridgehead atoms. The van der Waals surface area contributed by atoms with Crippen LogP contribution in [0.1, 0.15) is 243 Å². The van der Waals surface area contributed by atoms with Crippen LogP contribution in [0, 0.1) is 0 Å². The van der Waals surface area contributed by atoms with E-state index in [1.165, 1.54) is 163 Å². The molecule has 0 unspecified atom stereocenters. The molecule has 0 fully saturated rings. The fourth-order valence-electron chi connectivity index (χ4n) is 7.31. The van der Waals surface area contributed by atoms with Crippen LogP contribution in [0.4, 0.5) is 0 Å². The SMILES string of the molecule is CCCCCCCCCCCCCCCCCCCCC=CCCc1ccccc1C(=CC(=C=[N+]=[N-])CCCC)c1cccc(CCCC)c1.CCCCO.CCCCO.[Ni]. The standard InChI is InChI=1S/C48H74N2.2C4H10O.Ni/c1-4-7-10-11-12-13-14-15-16-17-18-19-20-21-22-23-24-25-26-27-28-29-36-45-37-30-31-39-47(45)48(41-44(42-50-49)34-9-6-3)46-38-32-35-43(40-46)33-8-5-2;2*1-2-3-4-5;/h27-28,30-32,35,37-41H,4-26,29,33-34,36H2,1-3H3;2*5H,2-4H2,1H3;. The monoisotopic (exact) mass is 885 g/mol. The van der Waals surface area contributed by atoms with Crippen molar-refractivity contribution in [1.82, 2.24) is 0 Å². The summed E-state index contributed by atoms with van der Waals surface area (Å²) in [6.07, 6.45) is 46.5. The van der Waals surface area contributed by atoms with Crippen molar-refractivity contribution in [2.24, 2.45) is 0 Å². The van der Waals surface area contributed by atoms with Gasteiger partial charge in [-0.15, -0.1) is 4.79 Å². The molecule has 0 aliphatic rings. The minimum absolute atomic E-state index is 0. The molecule has 0 saturated heterocycles. The molecule has 2 N–H and O–H groups in total. The fraction of sp³-hybridized carbons (Fsp3) is 0.679. The van der Waals surface area contributed by atoms with Gasteiger partial charge in [0.2, 0.25) is 0 Å². The van der Waals surface area contributed by atoms with Crippen molar-refractivity contribution in [2.75, 3.05) is 13.2 Å². The Morgan fingerprint density at radius 2 is 1.03 bits per heavy atom. The van der Waals surface area contributed by atoms with Gasteiger partial charge in [-0.05, 0) is 98.1 Å². The van der Waals surface area contributed by atoms with Gasteiger partial charge in [0.25, 0.3) is 0 Å². The van der Waals surface area contributed by atoms with Gasteiger partial charge in [-0.25, -0.2) is 0 Å². The second-order valence-corrected chi connectivity index (χ2v) is 16.8. The van der Waals surface area contributed by atoms with Gasteiger partial charge in [-0.1, -0.05) is 230 Å². The van der Waals surface area contributed by atoms with Crippen molar-refractivity contribution < 1.29 is 31.5 Å². The molecular formula is C56H94N2NiO2. The van der Waals surface area contributed by atoms with E-state index < -0.39 is 0 Å². The maximum Gasteiger partial charge on any atom is 0.303 e. The van der Waals surface area contributed by atoms with E-state index in [0.717, 1.165) is 69.8 Å². The summed E-state index contributed by atoms with van der Waals surface area (Å²) in [4.78, 5) is 3.31. The Labute approximate surface area is 388 Å². The molecule has 0 atom stereocenters. The molecule has 0 saturated carbocycles. The van der Waals surface area contributed by atoms with Crippen LogP contribution in [0.3, 0.4) is 0 Å². The average molecular weight is 886 g/mol. The normalized spacial score (nSPS) is 10.9. The molecule has 61 heavy (non-hydrogen) atoms. The number of benzene rings is 2. The molecule has 0 aliphatic carbocycles. The molecule has 0 radical (unpaired) electrons. The molecule has 0 aliphatic heterocycles. The summed E-state index contributed by atoms with van der Waals surface area (Å²) in [7, 11) is 0. The maximum atomic E-state index is 9.38. The molecule has 350 valence electrons. The number of aliphatic hydroxyl groups is 2. The number of nitrogens with zero attached hydrogens (tertiary/aromatic N) is 2. The van der Waals surface area contributed by atoms with Crippen molar-refractivity contribution >= 4 is 11.4 Å². The molecule has 2 rings (SSSR count). The van der Waals surface area contributed by atoms with Gasteiger partial charge in [-0.3, -0.25) is 0 Å². The smallest absolute Gasteiger partial charge is 0.303 e. The third-order valence-electron chi connectivity index (χ3n) is 11.2. The molecule has 0 aromatic heterocycles. The maximum absolute atomic E-state index is 9.38. The summed E-state index contributed by atoms with van der Waals surface area (Å²) >= 11 is 0. The van der Waals surface area contributed by atoms with Crippen molar-refractivity contribution in [3.05, 3.63) is 100 Å². The number of hydrogen-bond acceptors (Lipinski definition) is 2. The van der Waals surface area contributed by atoms with Gasteiger partial charge in [0, 0.05) is 29.7 Å². The third kappa shape index (κ3) is 36.7. The van der Waals surface area contributed by atoms with Gasteiger partial charge >= 0.3 is 5.87 Å². The zero-order valence-corrected chi connectivity index (χ0v) is 41.3. The van der Waals surface area contributed by atoms with Crippen LogP contribution in [0.2, 0.25) is 0 Å². The van der Waals surface area contributed by atoms with Gasteiger partial charge in [-0.2, -0.15) is 0 Å². The fourth-order valence-corrected chi connectivity index (χ4v) is 7.31. The van der Waals surface area contributed by atoms with Crippen LogP contribution in [0.25, 0.3) is 11.1 Å². The Kier molecular flexibility index (Phi) is 48.2. The molecule has 5 heteroatoms. The molecule has 4 nitrogen and oxygen atoms in total. The summed E-state index contributed by atoms with van der Waals surface area (Å²) in [5.41, 5.74) is 16.8. The van der Waals surface area contributed by atoms with E-state index in [9.17, 15) is 5.53 Å². The van der Waals surface area contributed by atoms with E-state index in [-0.39, 0.29) is 16.5 Å². The molecular weight excluding hydrogens is 791 g/mol. The summed E-state index contributed by atoms with van der Waals surface area (Å²) in [6.45, 7) is 11.5. The number of aliphatic hydroxyl groups excluding tert-OH is 2. The Hall–Kier alpha value is -2.51. The number of aryl methyl sites for hydroxylation is 2. The number of hydrogen-bond donors (Lipinski definition) is 2. The zero-order chi connectivity index (χ0) is 44.0. The van der Waals surface area contributed by atoms with Crippen molar-refractivity contribution in [1.29, 1.82) is 0 Å². The summed E-state index contributed by atoms with van der Waals surface area (Å²) in [5, 5.41) is 16.1. The van der Waals surface area contributed by atoms with Crippen LogP contribution in [0.15, 0.2) is 72.3 Å². The average Bonchev–Trinajstić information content (AvgIpc) is 3.27. The van der Waals surface area contributed by atoms with Crippen molar-refractivity contribution in [3.63, 3.8) is 0 Å². The molecule has 2 aromatic carbocycles. The van der Waals surface area contributed by atoms with E-state index in [1.54, 1.807) is 0 Å². The van der Waals surface area contributed by atoms with E-state index in [2.05, 4.69) is 112 Å². The Balaban J connectivity index is 0. The topological polar surface area (TPSA) is 76.9 Å². The Morgan fingerprint density at radius 1 is 0.541 bits per heavy atom. The molecule has 2 aromatic rings. The van der Waals surface area contributed by atoms with E-state index in [1.807, 2.05) is 0 Å². The van der Waals surface area contributed by atoms with E-state index >= 15 is 0 Å². The van der Waals surface area contributed by atoms with Crippen LogP contribution in [-0.2, 0) is 29.3 Å². The second-order valence-electron chi connectivity index (χ2n) is 16.8. The first-order valence-electron chi connectivity index (χ1n) is 25.3. The summed E-state index contributed by atoms with van der Waals surface area (Å²) < 4.78 is 0. The second kappa shape index (κ2) is 48.5. The Morgan fingerprint density at radius 3 is 1.52 bits per heavy atom. The molecule has 0 heterocycles. The van der Waals surface area contributed by atoms with Crippen LogP contribution < -0.4 is 0 Å². The zero-order valence-electron chi connectivity index (χ0n) is 40.3. The summed E-state index contributed by atoms with van der Waals surface area (Å²) in [6, 6.07) is 17.9. The van der Waals surface area contributed by atoms with Crippen LogP contribution in [-0.4, -0.2) is 34.1 Å². The minimum Gasteiger partial charge on any atom is -0.396 e. The molecule has 0 amide bonds. The minimum atomic E-state index is 0. The third-order valence-corrected chi connectivity index (χ3v) is 11.2. The van der Waals surface area contributed by atoms with Gasteiger partial charge in [0.15, 0.2) is 0 Å². The summed E-state index contributed by atoms with van der Waals surface area (Å²) in [5.74, 6) is 2.88. The number of allylic oxidation sites excluding steroid dienone is 4. The number of rotatable bonds is 35.